The summed E-state index contributed by atoms with van der Waals surface area (Å²) < 4.78 is 40.4. The van der Waals surface area contributed by atoms with Crippen LogP contribution in [0, 0.1) is 12.7 Å². The number of likely N-dealkylation sites (N-methyl/N-ethyl adjacent to an activating group) is 1. The summed E-state index contributed by atoms with van der Waals surface area (Å²) in [6.07, 6.45) is 0. The number of aliphatic imine (C=N–C) groups is 1. The topological polar surface area (TPSA) is 110 Å². The number of hydrogen-bond donors (Lipinski definition) is 3. The highest BCUT2D eigenvalue weighted by Gasteiger charge is 2.25. The van der Waals surface area contributed by atoms with Crippen LogP contribution in [0.4, 0.5) is 15.8 Å². The Hall–Kier alpha value is -3.77. The van der Waals surface area contributed by atoms with E-state index in [9.17, 15) is 17.9 Å². The van der Waals surface area contributed by atoms with Crippen molar-refractivity contribution in [1.29, 1.82) is 0 Å². The van der Waals surface area contributed by atoms with Crippen LogP contribution in [0.3, 0.4) is 0 Å². The summed E-state index contributed by atoms with van der Waals surface area (Å²) in [5.41, 5.74) is 4.47. The third-order valence-electron chi connectivity index (χ3n) is 6.98. The summed E-state index contributed by atoms with van der Waals surface area (Å²) in [4.78, 5) is 18.5. The van der Waals surface area contributed by atoms with Crippen LogP contribution >= 0.6 is 0 Å². The molecule has 40 heavy (non-hydrogen) atoms. The lowest BCUT2D eigenvalue weighted by Crippen LogP contribution is -2.44. The van der Waals surface area contributed by atoms with Gasteiger partial charge in [0.05, 0.1) is 29.1 Å². The number of hydrogen-bond acceptors (Lipinski definition) is 7. The number of aromatic amines is 1. The van der Waals surface area contributed by atoms with Crippen molar-refractivity contribution in [1.82, 2.24) is 14.8 Å². The fourth-order valence-electron chi connectivity index (χ4n) is 4.91. The number of rotatable bonds is 8. The van der Waals surface area contributed by atoms with Gasteiger partial charge in [0.1, 0.15) is 10.7 Å². The minimum absolute atomic E-state index is 0.0666. The highest BCUT2D eigenvalue weighted by molar-refractivity contribution is 7.89. The van der Waals surface area contributed by atoms with E-state index in [-0.39, 0.29) is 23.6 Å². The van der Waals surface area contributed by atoms with Gasteiger partial charge >= 0.3 is 0 Å². The largest absolute Gasteiger partial charge is 0.494 e. The number of aromatic hydroxyl groups is 1. The van der Waals surface area contributed by atoms with Crippen LogP contribution in [0.25, 0.3) is 10.9 Å². The van der Waals surface area contributed by atoms with Crippen molar-refractivity contribution < 1.29 is 22.8 Å². The van der Waals surface area contributed by atoms with Crippen LogP contribution in [0.2, 0.25) is 0 Å². The van der Waals surface area contributed by atoms with Crippen molar-refractivity contribution in [2.45, 2.75) is 18.7 Å². The number of H-pyrrole nitrogens is 1. The molecule has 1 saturated heterocycles. The predicted octanol–water partition coefficient (Wildman–Crippen LogP) is 4.47. The van der Waals surface area contributed by atoms with Gasteiger partial charge in [0.25, 0.3) is 10.0 Å². The maximum Gasteiger partial charge on any atom is 0.265 e. The molecule has 3 N–H and O–H groups in total. The first-order chi connectivity index (χ1) is 19.2. The lowest BCUT2D eigenvalue weighted by atomic mass is 10.0. The molecule has 0 saturated carbocycles. The number of anilines is 1. The number of nitrogens with one attached hydrogen (secondary N) is 2. The molecule has 0 unspecified atom stereocenters. The molecule has 2 heterocycles. The Labute approximate surface area is 232 Å². The van der Waals surface area contributed by atoms with E-state index >= 15 is 0 Å². The molecule has 1 fully saturated rings. The third-order valence-corrected chi connectivity index (χ3v) is 8.21. The lowest BCUT2D eigenvalue weighted by Gasteiger charge is -2.35. The second kappa shape index (κ2) is 11.4. The van der Waals surface area contributed by atoms with Gasteiger partial charge in [-0.05, 0) is 56.8 Å². The molecule has 1 aliphatic rings. The summed E-state index contributed by atoms with van der Waals surface area (Å²) in [7, 11) is -2.20. The van der Waals surface area contributed by atoms with Gasteiger partial charge < -0.3 is 19.9 Å². The Balaban J connectivity index is 1.64. The average molecular weight is 566 g/mol. The Morgan fingerprint density at radius 3 is 2.50 bits per heavy atom. The highest BCUT2D eigenvalue weighted by atomic mass is 32.2. The van der Waals surface area contributed by atoms with Crippen molar-refractivity contribution >= 4 is 38.0 Å². The summed E-state index contributed by atoms with van der Waals surface area (Å²) in [6, 6.07) is 17.4. The second-order valence-electron chi connectivity index (χ2n) is 9.78. The Morgan fingerprint density at radius 1 is 1.10 bits per heavy atom. The Morgan fingerprint density at radius 2 is 1.82 bits per heavy atom. The minimum Gasteiger partial charge on any atom is -0.494 e. The number of piperazine rings is 1. The standard InChI is InChI=1S/C29H32FN5O4S/c1-4-39-33-40(37,38)26-17-22-24(18-23(26)30)32-29(36)27(22)28(20-8-6-5-7-9-20)31-21-10-11-25(19(2)16-21)35-14-12-34(3)13-15-35/h5-11,16-18,32-33,36H,4,12-15H2,1-3H3. The smallest absolute Gasteiger partial charge is 0.265 e. The molecule has 0 bridgehead atoms. The number of fused-ring (bicyclic) bond motifs is 1. The molecule has 1 aliphatic heterocycles. The first kappa shape index (κ1) is 27.8. The summed E-state index contributed by atoms with van der Waals surface area (Å²) in [6.45, 7) is 7.59. The number of nitrogens with zero attached hydrogens (tertiary/aromatic N) is 3. The van der Waals surface area contributed by atoms with Crippen molar-refractivity contribution in [3.8, 4) is 5.88 Å². The van der Waals surface area contributed by atoms with Crippen LogP contribution in [-0.4, -0.2) is 69.0 Å². The molecular formula is C29H32FN5O4S. The van der Waals surface area contributed by atoms with Crippen molar-refractivity contribution in [3.63, 3.8) is 0 Å². The minimum atomic E-state index is -4.32. The van der Waals surface area contributed by atoms with Crippen LogP contribution in [0.1, 0.15) is 23.6 Å². The Bertz CT molecular complexity index is 1660. The van der Waals surface area contributed by atoms with Gasteiger partial charge in [-0.15, -0.1) is 0 Å². The number of aryl methyl sites for hydroxylation is 1. The van der Waals surface area contributed by atoms with E-state index in [4.69, 9.17) is 9.83 Å². The normalized spacial score (nSPS) is 15.2. The summed E-state index contributed by atoms with van der Waals surface area (Å²) in [5.74, 6) is -1.24. The molecule has 11 heteroatoms. The van der Waals surface area contributed by atoms with Crippen molar-refractivity contribution in [2.75, 3.05) is 44.7 Å². The molecule has 0 aliphatic carbocycles. The fourth-order valence-corrected chi connectivity index (χ4v) is 5.86. The molecule has 0 spiro atoms. The van der Waals surface area contributed by atoms with Gasteiger partial charge in [0.15, 0.2) is 5.88 Å². The van der Waals surface area contributed by atoms with E-state index in [2.05, 4.69) is 27.9 Å². The third kappa shape index (κ3) is 5.59. The lowest BCUT2D eigenvalue weighted by molar-refractivity contribution is 0.105. The van der Waals surface area contributed by atoms with Gasteiger partial charge in [-0.25, -0.2) is 17.8 Å². The summed E-state index contributed by atoms with van der Waals surface area (Å²) in [5, 5.41) is 11.3. The number of sulfonamides is 1. The molecule has 5 rings (SSSR count). The first-order valence-corrected chi connectivity index (χ1v) is 14.5. The molecule has 3 aromatic carbocycles. The van der Waals surface area contributed by atoms with Crippen molar-refractivity contribution in [2.24, 2.45) is 4.99 Å². The zero-order valence-corrected chi connectivity index (χ0v) is 23.4. The van der Waals surface area contributed by atoms with Crippen LogP contribution in [-0.2, 0) is 14.9 Å². The molecule has 0 atom stereocenters. The van der Waals surface area contributed by atoms with E-state index in [0.29, 0.717) is 22.3 Å². The zero-order valence-electron chi connectivity index (χ0n) is 22.6. The van der Waals surface area contributed by atoms with Crippen LogP contribution in [0.5, 0.6) is 5.88 Å². The van der Waals surface area contributed by atoms with Crippen LogP contribution in [0.15, 0.2) is 70.6 Å². The maximum atomic E-state index is 14.9. The molecular weight excluding hydrogens is 533 g/mol. The van der Waals surface area contributed by atoms with E-state index in [1.807, 2.05) is 54.3 Å². The van der Waals surface area contributed by atoms with E-state index < -0.39 is 20.7 Å². The quantitative estimate of drug-likeness (QED) is 0.215. The van der Waals surface area contributed by atoms with Crippen molar-refractivity contribution in [3.05, 3.63) is 83.2 Å². The van der Waals surface area contributed by atoms with Gasteiger partial charge in [-0.1, -0.05) is 35.2 Å². The van der Waals surface area contributed by atoms with E-state index in [1.54, 1.807) is 6.92 Å². The van der Waals surface area contributed by atoms with E-state index in [1.165, 1.54) is 6.07 Å². The van der Waals surface area contributed by atoms with Crippen LogP contribution < -0.4 is 9.79 Å². The molecule has 1 aromatic heterocycles. The SMILES string of the molecule is CCONS(=O)(=O)c1cc2c(C(=Nc3ccc(N4CCN(C)CC4)c(C)c3)c3ccccc3)c(O)[nH]c2cc1F. The monoisotopic (exact) mass is 565 g/mol. The number of halogens is 1. The zero-order chi connectivity index (χ0) is 28.4. The average Bonchev–Trinajstić information content (AvgIpc) is 3.25. The Kier molecular flexibility index (Phi) is 7.90. The fraction of sp³-hybridized carbons (Fsp3) is 0.276. The molecule has 210 valence electrons. The molecule has 0 radical (unpaired) electrons. The number of aromatic nitrogens is 1. The second-order valence-corrected chi connectivity index (χ2v) is 11.4. The highest BCUT2D eigenvalue weighted by Crippen LogP contribution is 2.35. The predicted molar refractivity (Wildman–Crippen MR) is 154 cm³/mol. The maximum absolute atomic E-state index is 14.9. The van der Waals surface area contributed by atoms with Gasteiger partial charge in [-0.2, -0.15) is 0 Å². The van der Waals surface area contributed by atoms with Gasteiger partial charge in [-0.3, -0.25) is 4.84 Å². The molecule has 4 aromatic rings. The number of benzene rings is 3. The first-order valence-electron chi connectivity index (χ1n) is 13.0. The summed E-state index contributed by atoms with van der Waals surface area (Å²) >= 11 is 0. The van der Waals surface area contributed by atoms with Gasteiger partial charge in [0.2, 0.25) is 0 Å². The van der Waals surface area contributed by atoms with E-state index in [0.717, 1.165) is 43.5 Å². The molecule has 9 nitrogen and oxygen atoms in total. The molecule has 0 amide bonds. The van der Waals surface area contributed by atoms with Gasteiger partial charge in [0, 0.05) is 42.8 Å².